The lowest BCUT2D eigenvalue weighted by molar-refractivity contribution is 0.282. The average Bonchev–Trinajstić information content (AvgIpc) is 2.33. The van der Waals surface area contributed by atoms with Crippen molar-refractivity contribution in [2.24, 2.45) is 0 Å². The molecule has 2 rings (SSSR count). The number of pyridine rings is 1. The van der Waals surface area contributed by atoms with Crippen molar-refractivity contribution in [2.45, 2.75) is 23.1 Å². The van der Waals surface area contributed by atoms with Gasteiger partial charge in [0, 0.05) is 11.4 Å². The van der Waals surface area contributed by atoms with E-state index in [0.29, 0.717) is 5.25 Å². The SMILES string of the molecule is C=C=Cc1ccnc(SC2CCN(C)CC2)c1. The molecule has 1 aromatic heterocycles. The van der Waals surface area contributed by atoms with Crippen molar-refractivity contribution in [1.29, 1.82) is 0 Å². The summed E-state index contributed by atoms with van der Waals surface area (Å²) in [5, 5.41) is 1.82. The highest BCUT2D eigenvalue weighted by molar-refractivity contribution is 7.99. The zero-order valence-electron chi connectivity index (χ0n) is 10.2. The average molecular weight is 246 g/mol. The summed E-state index contributed by atoms with van der Waals surface area (Å²) >= 11 is 1.90. The van der Waals surface area contributed by atoms with Crippen molar-refractivity contribution in [3.05, 3.63) is 36.2 Å². The van der Waals surface area contributed by atoms with E-state index < -0.39 is 0 Å². The van der Waals surface area contributed by atoms with Crippen molar-refractivity contribution in [2.75, 3.05) is 20.1 Å². The minimum absolute atomic E-state index is 0.710. The van der Waals surface area contributed by atoms with Gasteiger partial charge in [0.05, 0.1) is 5.03 Å². The molecule has 0 N–H and O–H groups in total. The van der Waals surface area contributed by atoms with Crippen molar-refractivity contribution in [1.82, 2.24) is 9.88 Å². The van der Waals surface area contributed by atoms with Crippen LogP contribution < -0.4 is 0 Å². The number of hydrogen-bond donors (Lipinski definition) is 0. The quantitative estimate of drug-likeness (QED) is 0.763. The monoisotopic (exact) mass is 246 g/mol. The molecule has 1 aliphatic heterocycles. The fourth-order valence-electron chi connectivity index (χ4n) is 1.97. The van der Waals surface area contributed by atoms with Gasteiger partial charge >= 0.3 is 0 Å². The first kappa shape index (κ1) is 12.4. The van der Waals surface area contributed by atoms with E-state index in [4.69, 9.17) is 0 Å². The summed E-state index contributed by atoms with van der Waals surface area (Å²) in [6.45, 7) is 5.99. The van der Waals surface area contributed by atoms with Gasteiger partial charge in [-0.2, -0.15) is 0 Å². The minimum Gasteiger partial charge on any atom is -0.306 e. The van der Waals surface area contributed by atoms with Gasteiger partial charge in [0.25, 0.3) is 0 Å². The third-order valence-corrected chi connectivity index (χ3v) is 4.25. The molecule has 2 nitrogen and oxygen atoms in total. The molecule has 0 spiro atoms. The maximum Gasteiger partial charge on any atom is 0.0968 e. The molecule has 0 saturated carbocycles. The Bertz CT molecular complexity index is 416. The van der Waals surface area contributed by atoms with Crippen LogP contribution in [0.4, 0.5) is 0 Å². The first-order valence-electron chi connectivity index (χ1n) is 5.95. The third-order valence-electron chi connectivity index (χ3n) is 2.98. The molecule has 0 aromatic carbocycles. The van der Waals surface area contributed by atoms with E-state index in [2.05, 4.69) is 35.3 Å². The molecule has 1 fully saturated rings. The highest BCUT2D eigenvalue weighted by Crippen LogP contribution is 2.29. The maximum atomic E-state index is 4.42. The van der Waals surface area contributed by atoms with E-state index in [0.717, 1.165) is 10.6 Å². The summed E-state index contributed by atoms with van der Waals surface area (Å²) in [5.74, 6) is 0. The molecule has 1 aliphatic rings. The van der Waals surface area contributed by atoms with Crippen LogP contribution in [0.15, 0.2) is 35.7 Å². The molecule has 1 saturated heterocycles. The fourth-order valence-corrected chi connectivity index (χ4v) is 3.08. The van der Waals surface area contributed by atoms with Crippen LogP contribution in [-0.4, -0.2) is 35.3 Å². The van der Waals surface area contributed by atoms with E-state index in [1.165, 1.54) is 25.9 Å². The van der Waals surface area contributed by atoms with Gasteiger partial charge in [0.1, 0.15) is 0 Å². The summed E-state index contributed by atoms with van der Waals surface area (Å²) in [4.78, 5) is 6.81. The van der Waals surface area contributed by atoms with Gasteiger partial charge in [-0.05, 0) is 56.8 Å². The Morgan fingerprint density at radius 1 is 1.53 bits per heavy atom. The number of piperidine rings is 1. The Kier molecular flexibility index (Phi) is 4.43. The minimum atomic E-state index is 0.710. The molecule has 90 valence electrons. The van der Waals surface area contributed by atoms with Crippen LogP contribution >= 0.6 is 11.8 Å². The summed E-state index contributed by atoms with van der Waals surface area (Å²) < 4.78 is 0. The molecule has 3 heteroatoms. The van der Waals surface area contributed by atoms with Gasteiger partial charge in [-0.3, -0.25) is 0 Å². The van der Waals surface area contributed by atoms with Crippen LogP contribution in [0.1, 0.15) is 18.4 Å². The van der Waals surface area contributed by atoms with Gasteiger partial charge in [0.2, 0.25) is 0 Å². The van der Waals surface area contributed by atoms with Crippen LogP contribution in [-0.2, 0) is 0 Å². The molecule has 2 heterocycles. The zero-order chi connectivity index (χ0) is 12.1. The molecular formula is C14H18N2S. The number of likely N-dealkylation sites (tertiary alicyclic amines) is 1. The van der Waals surface area contributed by atoms with Gasteiger partial charge < -0.3 is 4.90 Å². The first-order valence-corrected chi connectivity index (χ1v) is 6.83. The first-order chi connectivity index (χ1) is 8.28. The maximum absolute atomic E-state index is 4.42. The Balaban J connectivity index is 1.98. The number of hydrogen-bond acceptors (Lipinski definition) is 3. The molecule has 0 amide bonds. The van der Waals surface area contributed by atoms with Gasteiger partial charge in [-0.1, -0.05) is 6.58 Å². The second kappa shape index (κ2) is 6.06. The summed E-state index contributed by atoms with van der Waals surface area (Å²) in [6, 6.07) is 4.10. The Hall–Kier alpha value is -1.02. The Morgan fingerprint density at radius 2 is 2.29 bits per heavy atom. The fraction of sp³-hybridized carbons (Fsp3) is 0.429. The summed E-state index contributed by atoms with van der Waals surface area (Å²) in [6.07, 6.45) is 6.26. The third kappa shape index (κ3) is 3.74. The number of thioether (sulfide) groups is 1. The number of aromatic nitrogens is 1. The highest BCUT2D eigenvalue weighted by Gasteiger charge is 2.17. The van der Waals surface area contributed by atoms with Crippen LogP contribution in [0, 0.1) is 0 Å². The van der Waals surface area contributed by atoms with Gasteiger partial charge in [-0.15, -0.1) is 17.5 Å². The topological polar surface area (TPSA) is 16.1 Å². The second-order valence-electron chi connectivity index (χ2n) is 4.40. The Labute approximate surface area is 107 Å². The molecule has 0 bridgehead atoms. The molecular weight excluding hydrogens is 228 g/mol. The molecule has 1 aromatic rings. The standard InChI is InChI=1S/C14H18N2S/c1-3-4-12-5-8-15-14(11-12)17-13-6-9-16(2)10-7-13/h4-5,8,11,13H,1,6-7,9-10H2,2H3. The van der Waals surface area contributed by atoms with Crippen LogP contribution in [0.5, 0.6) is 0 Å². The number of rotatable bonds is 3. The lowest BCUT2D eigenvalue weighted by Gasteiger charge is -2.28. The van der Waals surface area contributed by atoms with Crippen molar-refractivity contribution in [3.8, 4) is 0 Å². The molecule has 0 aliphatic carbocycles. The summed E-state index contributed by atoms with van der Waals surface area (Å²) in [7, 11) is 2.19. The van der Waals surface area contributed by atoms with E-state index in [1.807, 2.05) is 30.1 Å². The highest BCUT2D eigenvalue weighted by atomic mass is 32.2. The van der Waals surface area contributed by atoms with E-state index in [9.17, 15) is 0 Å². The molecule has 0 unspecified atom stereocenters. The van der Waals surface area contributed by atoms with E-state index in [-0.39, 0.29) is 0 Å². The van der Waals surface area contributed by atoms with E-state index in [1.54, 1.807) is 0 Å². The predicted molar refractivity (Wildman–Crippen MR) is 74.2 cm³/mol. The smallest absolute Gasteiger partial charge is 0.0968 e. The normalized spacial score (nSPS) is 17.7. The zero-order valence-corrected chi connectivity index (χ0v) is 11.0. The summed E-state index contributed by atoms with van der Waals surface area (Å²) in [5.41, 5.74) is 3.93. The largest absolute Gasteiger partial charge is 0.306 e. The van der Waals surface area contributed by atoms with Crippen LogP contribution in [0.3, 0.4) is 0 Å². The number of nitrogens with zero attached hydrogens (tertiary/aromatic N) is 2. The van der Waals surface area contributed by atoms with Crippen LogP contribution in [0.25, 0.3) is 6.08 Å². The molecule has 17 heavy (non-hydrogen) atoms. The molecule has 0 radical (unpaired) electrons. The predicted octanol–water partition coefficient (Wildman–Crippen LogP) is 3.07. The van der Waals surface area contributed by atoms with E-state index >= 15 is 0 Å². The van der Waals surface area contributed by atoms with Gasteiger partial charge in [-0.25, -0.2) is 4.98 Å². The van der Waals surface area contributed by atoms with Crippen LogP contribution in [0.2, 0.25) is 0 Å². The van der Waals surface area contributed by atoms with Crippen molar-refractivity contribution in [3.63, 3.8) is 0 Å². The Morgan fingerprint density at radius 3 is 3.00 bits per heavy atom. The van der Waals surface area contributed by atoms with Gasteiger partial charge in [0.15, 0.2) is 0 Å². The second-order valence-corrected chi connectivity index (χ2v) is 5.72. The lowest BCUT2D eigenvalue weighted by Crippen LogP contribution is -2.31. The van der Waals surface area contributed by atoms with Crippen molar-refractivity contribution < 1.29 is 0 Å². The molecule has 0 atom stereocenters. The lowest BCUT2D eigenvalue weighted by atomic mass is 10.1. The van der Waals surface area contributed by atoms with Crippen molar-refractivity contribution >= 4 is 17.8 Å².